The van der Waals surface area contributed by atoms with E-state index in [1.165, 1.54) is 5.01 Å². The van der Waals surface area contributed by atoms with Crippen LogP contribution in [0.1, 0.15) is 37.8 Å². The molecule has 0 radical (unpaired) electrons. The summed E-state index contributed by atoms with van der Waals surface area (Å²) in [4.78, 5) is 13.2. The molecule has 1 aliphatic rings. The zero-order chi connectivity index (χ0) is 23.9. The number of nitrogens with zero attached hydrogens (tertiary/aromatic N) is 2. The average molecular weight is 475 g/mol. The molecule has 0 fully saturated rings. The van der Waals surface area contributed by atoms with Gasteiger partial charge < -0.3 is 9.47 Å². The van der Waals surface area contributed by atoms with Gasteiger partial charge >= 0.3 is 0 Å². The normalized spacial score (nSPS) is 14.4. The van der Waals surface area contributed by atoms with Crippen molar-refractivity contribution >= 4 is 35.0 Å². The van der Waals surface area contributed by atoms with Crippen molar-refractivity contribution in [1.82, 2.24) is 0 Å². The first kappa shape index (κ1) is 23.6. The Kier molecular flexibility index (Phi) is 7.65. The summed E-state index contributed by atoms with van der Waals surface area (Å²) in [6, 6.07) is 22.7. The smallest absolute Gasteiger partial charge is 0.280 e. The summed E-state index contributed by atoms with van der Waals surface area (Å²) in [5.74, 6) is 1.10. The Morgan fingerprint density at radius 3 is 2.44 bits per heavy atom. The number of carbonyl (C=O) groups excluding carboxylic acids is 1. The number of para-hydroxylation sites is 1. The predicted octanol–water partition coefficient (Wildman–Crippen LogP) is 6.90. The Balaban J connectivity index is 1.61. The van der Waals surface area contributed by atoms with Crippen LogP contribution in [0.15, 0.2) is 83.5 Å². The van der Waals surface area contributed by atoms with E-state index in [4.69, 9.17) is 21.1 Å². The van der Waals surface area contributed by atoms with E-state index in [-0.39, 0.29) is 5.91 Å². The highest BCUT2D eigenvalue weighted by atomic mass is 35.5. The Bertz CT molecular complexity index is 1220. The molecule has 1 aliphatic heterocycles. The molecule has 1 amide bonds. The van der Waals surface area contributed by atoms with E-state index in [9.17, 15) is 4.79 Å². The molecule has 0 unspecified atom stereocenters. The van der Waals surface area contributed by atoms with Gasteiger partial charge in [-0.3, -0.25) is 4.79 Å². The molecule has 6 heteroatoms. The van der Waals surface area contributed by atoms with Gasteiger partial charge in [-0.2, -0.15) is 10.1 Å². The van der Waals surface area contributed by atoms with Gasteiger partial charge in [-0.05, 0) is 55.3 Å². The molecule has 5 nitrogen and oxygen atoms in total. The standard InChI is InChI=1S/C28H27ClN2O3/c1-3-10-25-23(28(32)31(30-25)22-12-6-5-7-13-22)17-20-15-16-26(27(18-20)33-4-2)34-19-21-11-8-9-14-24(21)29/h5-9,11-18H,3-4,10,19H2,1-2H3/b23-17+. The molecular weight excluding hydrogens is 448 g/mol. The summed E-state index contributed by atoms with van der Waals surface area (Å²) in [6.45, 7) is 4.82. The summed E-state index contributed by atoms with van der Waals surface area (Å²) in [6.07, 6.45) is 3.49. The number of halogens is 1. The van der Waals surface area contributed by atoms with E-state index in [0.717, 1.165) is 35.4 Å². The number of amides is 1. The van der Waals surface area contributed by atoms with Gasteiger partial charge in [-0.25, -0.2) is 0 Å². The summed E-state index contributed by atoms with van der Waals surface area (Å²) in [5.41, 5.74) is 3.88. The van der Waals surface area contributed by atoms with E-state index in [0.29, 0.717) is 35.3 Å². The molecule has 3 aromatic carbocycles. The number of anilines is 1. The van der Waals surface area contributed by atoms with E-state index in [1.54, 1.807) is 0 Å². The van der Waals surface area contributed by atoms with Crippen LogP contribution >= 0.6 is 11.6 Å². The summed E-state index contributed by atoms with van der Waals surface area (Å²) >= 11 is 6.25. The summed E-state index contributed by atoms with van der Waals surface area (Å²) in [5, 5.41) is 6.75. The third-order valence-electron chi connectivity index (χ3n) is 5.36. The molecule has 0 bridgehead atoms. The second kappa shape index (κ2) is 11.0. The predicted molar refractivity (Wildman–Crippen MR) is 138 cm³/mol. The second-order valence-corrected chi connectivity index (χ2v) is 8.23. The number of benzene rings is 3. The molecule has 0 spiro atoms. The number of hydrazone groups is 1. The molecular formula is C28H27ClN2O3. The van der Waals surface area contributed by atoms with Crippen LogP contribution in [-0.4, -0.2) is 18.2 Å². The molecule has 34 heavy (non-hydrogen) atoms. The van der Waals surface area contributed by atoms with Crippen LogP contribution in [0.3, 0.4) is 0 Å². The van der Waals surface area contributed by atoms with E-state index in [2.05, 4.69) is 12.0 Å². The minimum absolute atomic E-state index is 0.133. The minimum atomic E-state index is -0.133. The molecule has 0 aliphatic carbocycles. The molecule has 0 aromatic heterocycles. The van der Waals surface area contributed by atoms with Crippen molar-refractivity contribution in [3.8, 4) is 11.5 Å². The maximum Gasteiger partial charge on any atom is 0.280 e. The number of rotatable bonds is 9. The lowest BCUT2D eigenvalue weighted by atomic mass is 10.0. The van der Waals surface area contributed by atoms with Gasteiger partial charge in [0.1, 0.15) is 6.61 Å². The number of hydrogen-bond donors (Lipinski definition) is 0. The van der Waals surface area contributed by atoms with Gasteiger partial charge in [0.15, 0.2) is 11.5 Å². The van der Waals surface area contributed by atoms with E-state index < -0.39 is 0 Å². The van der Waals surface area contributed by atoms with Crippen molar-refractivity contribution in [2.24, 2.45) is 5.10 Å². The zero-order valence-corrected chi connectivity index (χ0v) is 20.1. The van der Waals surface area contributed by atoms with Crippen LogP contribution in [0, 0.1) is 0 Å². The molecule has 3 aromatic rings. The summed E-state index contributed by atoms with van der Waals surface area (Å²) < 4.78 is 11.8. The van der Waals surface area contributed by atoms with E-state index in [1.807, 2.05) is 85.8 Å². The molecule has 1 heterocycles. The fraction of sp³-hybridized carbons (Fsp3) is 0.214. The monoisotopic (exact) mass is 474 g/mol. The number of carbonyl (C=O) groups is 1. The Morgan fingerprint density at radius 2 is 1.71 bits per heavy atom. The highest BCUT2D eigenvalue weighted by molar-refractivity contribution is 6.32. The van der Waals surface area contributed by atoms with Crippen LogP contribution < -0.4 is 14.5 Å². The first-order valence-electron chi connectivity index (χ1n) is 11.4. The maximum absolute atomic E-state index is 13.2. The van der Waals surface area contributed by atoms with Crippen molar-refractivity contribution in [1.29, 1.82) is 0 Å². The topological polar surface area (TPSA) is 51.1 Å². The second-order valence-electron chi connectivity index (χ2n) is 7.83. The highest BCUT2D eigenvalue weighted by Gasteiger charge is 2.30. The van der Waals surface area contributed by atoms with Gasteiger partial charge in [0, 0.05) is 10.6 Å². The van der Waals surface area contributed by atoms with Crippen molar-refractivity contribution in [3.63, 3.8) is 0 Å². The molecule has 0 saturated carbocycles. The molecule has 0 N–H and O–H groups in total. The van der Waals surface area contributed by atoms with Gasteiger partial charge in [0.05, 0.1) is 23.6 Å². The molecule has 174 valence electrons. The Morgan fingerprint density at radius 1 is 0.941 bits per heavy atom. The van der Waals surface area contributed by atoms with Crippen LogP contribution in [0.25, 0.3) is 6.08 Å². The Labute approximate surface area is 205 Å². The number of ether oxygens (including phenoxy) is 2. The van der Waals surface area contributed by atoms with E-state index >= 15 is 0 Å². The zero-order valence-electron chi connectivity index (χ0n) is 19.3. The fourth-order valence-electron chi connectivity index (χ4n) is 3.71. The lowest BCUT2D eigenvalue weighted by Gasteiger charge is -2.14. The lowest BCUT2D eigenvalue weighted by molar-refractivity contribution is -0.114. The van der Waals surface area contributed by atoms with Gasteiger partial charge in [-0.1, -0.05) is 67.4 Å². The first-order valence-corrected chi connectivity index (χ1v) is 11.8. The van der Waals surface area contributed by atoms with Crippen LogP contribution in [0.2, 0.25) is 5.02 Å². The average Bonchev–Trinajstić information content (AvgIpc) is 3.15. The van der Waals surface area contributed by atoms with Crippen molar-refractivity contribution in [3.05, 3.63) is 94.5 Å². The molecule has 4 rings (SSSR count). The van der Waals surface area contributed by atoms with Crippen molar-refractivity contribution in [2.45, 2.75) is 33.3 Å². The first-order chi connectivity index (χ1) is 16.6. The molecule has 0 atom stereocenters. The molecule has 0 saturated heterocycles. The Hall–Kier alpha value is -3.57. The van der Waals surface area contributed by atoms with Gasteiger partial charge in [-0.15, -0.1) is 0 Å². The highest BCUT2D eigenvalue weighted by Crippen LogP contribution is 2.32. The number of hydrogen-bond acceptors (Lipinski definition) is 4. The summed E-state index contributed by atoms with van der Waals surface area (Å²) in [7, 11) is 0. The SMILES string of the molecule is CCCC1=NN(c2ccccc2)C(=O)/C1=C/c1ccc(OCc2ccccc2Cl)c(OCC)c1. The van der Waals surface area contributed by atoms with Gasteiger partial charge in [0.25, 0.3) is 5.91 Å². The maximum atomic E-state index is 13.2. The van der Waals surface area contributed by atoms with Crippen molar-refractivity contribution in [2.75, 3.05) is 11.6 Å². The lowest BCUT2D eigenvalue weighted by Crippen LogP contribution is -2.21. The van der Waals surface area contributed by atoms with Crippen molar-refractivity contribution < 1.29 is 14.3 Å². The third kappa shape index (κ3) is 5.32. The fourth-order valence-corrected chi connectivity index (χ4v) is 3.90. The van der Waals surface area contributed by atoms with Gasteiger partial charge in [0.2, 0.25) is 0 Å². The van der Waals surface area contributed by atoms with Crippen LogP contribution in [0.4, 0.5) is 5.69 Å². The quantitative estimate of drug-likeness (QED) is 0.317. The minimum Gasteiger partial charge on any atom is -0.490 e. The largest absolute Gasteiger partial charge is 0.490 e. The van der Waals surface area contributed by atoms with Crippen LogP contribution in [-0.2, 0) is 11.4 Å². The van der Waals surface area contributed by atoms with Crippen LogP contribution in [0.5, 0.6) is 11.5 Å². The third-order valence-corrected chi connectivity index (χ3v) is 5.73.